The third-order valence-electron chi connectivity index (χ3n) is 4.41. The number of aliphatic hydroxyl groups is 1. The van der Waals surface area contributed by atoms with E-state index in [1.165, 1.54) is 35.8 Å². The Labute approximate surface area is 176 Å². The Morgan fingerprint density at radius 2 is 2.00 bits per heavy atom. The summed E-state index contributed by atoms with van der Waals surface area (Å²) in [6.45, 7) is 1.59. The molecule has 31 heavy (non-hydrogen) atoms. The summed E-state index contributed by atoms with van der Waals surface area (Å²) in [5, 5.41) is 17.9. The number of nitrogens with zero attached hydrogens (tertiary/aromatic N) is 3. The second-order valence-electron chi connectivity index (χ2n) is 6.39. The number of halogens is 3. The van der Waals surface area contributed by atoms with Crippen molar-refractivity contribution in [1.82, 2.24) is 10.2 Å². The van der Waals surface area contributed by atoms with Crippen LogP contribution >= 0.6 is 11.3 Å². The van der Waals surface area contributed by atoms with Crippen LogP contribution in [0, 0.1) is 6.92 Å². The Morgan fingerprint density at radius 1 is 1.26 bits per heavy atom. The van der Waals surface area contributed by atoms with E-state index < -0.39 is 41.2 Å². The third-order valence-corrected chi connectivity index (χ3v) is 5.10. The van der Waals surface area contributed by atoms with Gasteiger partial charge in [-0.1, -0.05) is 29.5 Å². The summed E-state index contributed by atoms with van der Waals surface area (Å²) in [6.07, 6.45) is -5.03. The van der Waals surface area contributed by atoms with Crippen LogP contribution in [0.2, 0.25) is 0 Å². The summed E-state index contributed by atoms with van der Waals surface area (Å²) in [7, 11) is 0. The molecule has 8 nitrogen and oxygen atoms in total. The van der Waals surface area contributed by atoms with E-state index in [9.17, 15) is 27.9 Å². The molecule has 1 atom stereocenters. The summed E-state index contributed by atoms with van der Waals surface area (Å²) in [6, 6.07) is 6.39. The lowest BCUT2D eigenvalue weighted by atomic mass is 9.94. The lowest BCUT2D eigenvalue weighted by Crippen LogP contribution is -2.31. The van der Waals surface area contributed by atoms with Gasteiger partial charge < -0.3 is 14.3 Å². The highest BCUT2D eigenvalue weighted by Crippen LogP contribution is 2.45. The SMILES string of the molecule is Cc1ccc(C(=O)C2=C(O)C(=O)N(c3nncs3)C2c2ccccc2OC(F)(F)F)o1. The zero-order valence-electron chi connectivity index (χ0n) is 15.6. The summed E-state index contributed by atoms with van der Waals surface area (Å²) >= 11 is 0.904. The number of hydrogen-bond donors (Lipinski definition) is 1. The number of aromatic nitrogens is 2. The lowest BCUT2D eigenvalue weighted by molar-refractivity contribution is -0.274. The van der Waals surface area contributed by atoms with E-state index in [-0.39, 0.29) is 16.5 Å². The summed E-state index contributed by atoms with van der Waals surface area (Å²) in [5.41, 5.74) is 0.650. The van der Waals surface area contributed by atoms with Gasteiger partial charge in [-0.25, -0.2) is 0 Å². The first-order valence-electron chi connectivity index (χ1n) is 8.66. The van der Waals surface area contributed by atoms with Gasteiger partial charge in [0.2, 0.25) is 10.9 Å². The molecule has 0 fully saturated rings. The van der Waals surface area contributed by atoms with Gasteiger partial charge >= 0.3 is 6.36 Å². The molecule has 0 aliphatic carbocycles. The number of furan rings is 1. The highest BCUT2D eigenvalue weighted by molar-refractivity contribution is 7.13. The molecular formula is C19H12F3N3O5S. The normalized spacial score (nSPS) is 16.8. The molecule has 0 spiro atoms. The lowest BCUT2D eigenvalue weighted by Gasteiger charge is -2.25. The fourth-order valence-electron chi connectivity index (χ4n) is 3.21. The average Bonchev–Trinajstić information content (AvgIpc) is 3.42. The number of amides is 1. The van der Waals surface area contributed by atoms with E-state index in [0.717, 1.165) is 22.3 Å². The molecule has 2 aromatic heterocycles. The van der Waals surface area contributed by atoms with Gasteiger partial charge in [-0.15, -0.1) is 23.4 Å². The Kier molecular flexibility index (Phi) is 5.01. The molecule has 160 valence electrons. The molecule has 0 radical (unpaired) electrons. The molecule has 1 aliphatic heterocycles. The Bertz CT molecular complexity index is 1190. The summed E-state index contributed by atoms with van der Waals surface area (Å²) in [5.74, 6) is -3.25. The van der Waals surface area contributed by atoms with Crippen molar-refractivity contribution in [2.45, 2.75) is 19.3 Å². The zero-order chi connectivity index (χ0) is 22.3. The summed E-state index contributed by atoms with van der Waals surface area (Å²) < 4.78 is 48.4. The summed E-state index contributed by atoms with van der Waals surface area (Å²) in [4.78, 5) is 26.9. The Morgan fingerprint density at radius 3 is 2.61 bits per heavy atom. The van der Waals surface area contributed by atoms with Gasteiger partial charge in [0, 0.05) is 5.56 Å². The fraction of sp³-hybridized carbons (Fsp3) is 0.158. The maximum atomic E-state index is 13.1. The number of ether oxygens (including phenoxy) is 1. The molecule has 4 rings (SSSR count). The first-order chi connectivity index (χ1) is 14.7. The van der Waals surface area contributed by atoms with Crippen LogP contribution in [0.5, 0.6) is 5.75 Å². The van der Waals surface area contributed by atoms with E-state index in [0.29, 0.717) is 5.76 Å². The molecule has 1 aromatic carbocycles. The molecule has 12 heteroatoms. The zero-order valence-corrected chi connectivity index (χ0v) is 16.4. The average molecular weight is 451 g/mol. The van der Waals surface area contributed by atoms with Crippen molar-refractivity contribution in [2.24, 2.45) is 0 Å². The minimum absolute atomic E-state index is 0.0261. The van der Waals surface area contributed by atoms with E-state index >= 15 is 0 Å². The van der Waals surface area contributed by atoms with Crippen molar-refractivity contribution >= 4 is 28.2 Å². The van der Waals surface area contributed by atoms with Gasteiger partial charge in [0.05, 0.1) is 5.57 Å². The molecule has 1 unspecified atom stereocenters. The molecule has 3 heterocycles. The Hall–Kier alpha value is -3.67. The highest BCUT2D eigenvalue weighted by atomic mass is 32.1. The number of ketones is 1. The molecular weight excluding hydrogens is 439 g/mol. The van der Waals surface area contributed by atoms with Gasteiger partial charge in [0.1, 0.15) is 23.1 Å². The highest BCUT2D eigenvalue weighted by Gasteiger charge is 2.48. The minimum Gasteiger partial charge on any atom is -0.503 e. The van der Waals surface area contributed by atoms with Gasteiger partial charge in [-0.3, -0.25) is 14.5 Å². The van der Waals surface area contributed by atoms with Gasteiger partial charge in [0.25, 0.3) is 5.91 Å². The fourth-order valence-corrected chi connectivity index (χ4v) is 3.80. The second kappa shape index (κ2) is 7.54. The van der Waals surface area contributed by atoms with Crippen LogP contribution in [-0.4, -0.2) is 33.4 Å². The van der Waals surface area contributed by atoms with E-state index in [4.69, 9.17) is 4.42 Å². The molecule has 3 aromatic rings. The smallest absolute Gasteiger partial charge is 0.503 e. The van der Waals surface area contributed by atoms with Crippen LogP contribution < -0.4 is 9.64 Å². The van der Waals surface area contributed by atoms with E-state index in [1.807, 2.05) is 0 Å². The van der Waals surface area contributed by atoms with Crippen molar-refractivity contribution in [3.05, 3.63) is 70.3 Å². The largest absolute Gasteiger partial charge is 0.573 e. The molecule has 1 N–H and O–H groups in total. The number of anilines is 1. The van der Waals surface area contributed by atoms with Crippen molar-refractivity contribution in [1.29, 1.82) is 0 Å². The molecule has 0 saturated carbocycles. The van der Waals surface area contributed by atoms with E-state index in [2.05, 4.69) is 14.9 Å². The van der Waals surface area contributed by atoms with Crippen LogP contribution in [0.4, 0.5) is 18.3 Å². The topological polar surface area (TPSA) is 106 Å². The van der Waals surface area contributed by atoms with Crippen molar-refractivity contribution in [2.75, 3.05) is 4.90 Å². The number of hydrogen-bond acceptors (Lipinski definition) is 8. The number of benzene rings is 1. The number of aliphatic hydroxyl groups excluding tert-OH is 1. The first-order valence-corrected chi connectivity index (χ1v) is 9.54. The predicted octanol–water partition coefficient (Wildman–Crippen LogP) is 4.12. The van der Waals surface area contributed by atoms with Crippen molar-refractivity contribution in [3.63, 3.8) is 0 Å². The molecule has 0 bridgehead atoms. The third kappa shape index (κ3) is 3.77. The second-order valence-corrected chi connectivity index (χ2v) is 7.20. The van der Waals surface area contributed by atoms with Crippen molar-refractivity contribution < 1.29 is 37.0 Å². The number of carbonyl (C=O) groups excluding carboxylic acids is 2. The number of rotatable bonds is 5. The number of carbonyl (C=O) groups is 2. The number of alkyl halides is 3. The van der Waals surface area contributed by atoms with Crippen LogP contribution in [-0.2, 0) is 4.79 Å². The van der Waals surface area contributed by atoms with Crippen LogP contribution in [0.3, 0.4) is 0 Å². The number of aryl methyl sites for hydroxylation is 1. The maximum absolute atomic E-state index is 13.1. The molecule has 0 saturated heterocycles. The predicted molar refractivity (Wildman–Crippen MR) is 101 cm³/mol. The first kappa shape index (κ1) is 20.6. The van der Waals surface area contributed by atoms with E-state index in [1.54, 1.807) is 6.92 Å². The Balaban J connectivity index is 1.90. The van der Waals surface area contributed by atoms with Gasteiger partial charge in [-0.05, 0) is 25.1 Å². The van der Waals surface area contributed by atoms with Crippen LogP contribution in [0.25, 0.3) is 0 Å². The maximum Gasteiger partial charge on any atom is 0.573 e. The monoisotopic (exact) mass is 451 g/mol. The van der Waals surface area contributed by atoms with Gasteiger partial charge in [-0.2, -0.15) is 0 Å². The van der Waals surface area contributed by atoms with Gasteiger partial charge in [0.15, 0.2) is 11.5 Å². The van der Waals surface area contributed by atoms with Crippen LogP contribution in [0.1, 0.15) is 27.9 Å². The molecule has 1 amide bonds. The van der Waals surface area contributed by atoms with Crippen LogP contribution in [0.15, 0.2) is 57.7 Å². The standard InChI is InChI=1S/C19H12F3N3O5S/c1-9-6-7-12(29-9)15(26)13-14(10-4-2-3-5-11(10)30-19(20,21)22)25(17(28)16(13)27)18-24-23-8-31-18/h2-8,14,27H,1H3. The van der Waals surface area contributed by atoms with Crippen molar-refractivity contribution in [3.8, 4) is 5.75 Å². The number of para-hydroxylation sites is 1. The molecule has 1 aliphatic rings. The number of Topliss-reactive ketones (excluding diaryl/α,β-unsaturated/α-hetero) is 1. The minimum atomic E-state index is -5.03. The quantitative estimate of drug-likeness (QED) is 0.582.